The van der Waals surface area contributed by atoms with E-state index in [-0.39, 0.29) is 28.9 Å². The molecule has 94 valence electrons. The lowest BCUT2D eigenvalue weighted by Gasteiger charge is -2.25. The van der Waals surface area contributed by atoms with Crippen LogP contribution in [0.4, 0.5) is 5.82 Å². The first-order valence-electron chi connectivity index (χ1n) is 5.09. The fourth-order valence-corrected chi connectivity index (χ4v) is 1.66. The normalized spacial score (nSPS) is 11.4. The minimum atomic E-state index is -0.963. The molecular weight excluding hydrogens is 242 g/mol. The molecule has 1 heterocycles. The van der Waals surface area contributed by atoms with E-state index in [0.29, 0.717) is 0 Å². The number of nitrogen functional groups attached to an aromatic ring is 1. The fourth-order valence-electron chi connectivity index (χ4n) is 1.48. The zero-order chi connectivity index (χ0) is 13.2. The number of aliphatic hydroxyl groups is 1. The Kier molecular flexibility index (Phi) is 3.95. The Hall–Kier alpha value is -1.33. The van der Waals surface area contributed by atoms with Crippen molar-refractivity contribution in [1.82, 2.24) is 9.88 Å². The van der Waals surface area contributed by atoms with E-state index >= 15 is 0 Å². The first-order valence-corrected chi connectivity index (χ1v) is 5.47. The number of amides is 1. The van der Waals surface area contributed by atoms with Crippen molar-refractivity contribution in [2.75, 3.05) is 19.3 Å². The van der Waals surface area contributed by atoms with E-state index < -0.39 is 5.60 Å². The fraction of sp³-hybridized carbons (Fsp3) is 0.455. The Morgan fingerprint density at radius 2 is 2.24 bits per heavy atom. The van der Waals surface area contributed by atoms with Gasteiger partial charge in [-0.1, -0.05) is 11.6 Å². The summed E-state index contributed by atoms with van der Waals surface area (Å²) in [5, 5.41) is 9.89. The molecule has 0 unspecified atom stereocenters. The number of nitrogens with zero attached hydrogens (tertiary/aromatic N) is 2. The standard InChI is InChI=1S/C11H16ClN3O2/c1-11(2,17)6-15(3)10(16)7-4-9(13)14-5-8(7)12/h4-5,17H,6H2,1-3H3,(H2,13,14). The molecule has 0 bridgehead atoms. The summed E-state index contributed by atoms with van der Waals surface area (Å²) < 4.78 is 0. The molecule has 0 aliphatic heterocycles. The minimum Gasteiger partial charge on any atom is -0.389 e. The number of likely N-dealkylation sites (N-methyl/N-ethyl adjacent to an activating group) is 1. The zero-order valence-electron chi connectivity index (χ0n) is 10.1. The zero-order valence-corrected chi connectivity index (χ0v) is 10.8. The van der Waals surface area contributed by atoms with Gasteiger partial charge < -0.3 is 15.7 Å². The van der Waals surface area contributed by atoms with Gasteiger partial charge in [0.1, 0.15) is 5.82 Å². The molecule has 0 saturated heterocycles. The van der Waals surface area contributed by atoms with Gasteiger partial charge in [0.2, 0.25) is 0 Å². The van der Waals surface area contributed by atoms with E-state index in [4.69, 9.17) is 17.3 Å². The average Bonchev–Trinajstić information content (AvgIpc) is 2.18. The van der Waals surface area contributed by atoms with Gasteiger partial charge in [-0.15, -0.1) is 0 Å². The average molecular weight is 258 g/mol. The highest BCUT2D eigenvalue weighted by molar-refractivity contribution is 6.33. The molecule has 0 radical (unpaired) electrons. The molecule has 1 amide bonds. The van der Waals surface area contributed by atoms with Crippen molar-refractivity contribution in [2.45, 2.75) is 19.4 Å². The van der Waals surface area contributed by atoms with Crippen LogP contribution in [-0.4, -0.2) is 40.1 Å². The first kappa shape index (κ1) is 13.7. The summed E-state index contributed by atoms with van der Waals surface area (Å²) in [6.07, 6.45) is 1.34. The Morgan fingerprint density at radius 1 is 1.65 bits per heavy atom. The molecule has 1 aromatic heterocycles. The summed E-state index contributed by atoms with van der Waals surface area (Å²) in [7, 11) is 1.59. The van der Waals surface area contributed by atoms with Crippen molar-refractivity contribution in [3.63, 3.8) is 0 Å². The topological polar surface area (TPSA) is 79.5 Å². The van der Waals surface area contributed by atoms with Gasteiger partial charge in [-0.05, 0) is 19.9 Å². The van der Waals surface area contributed by atoms with Crippen LogP contribution in [-0.2, 0) is 0 Å². The van der Waals surface area contributed by atoms with Crippen molar-refractivity contribution < 1.29 is 9.90 Å². The number of anilines is 1. The lowest BCUT2D eigenvalue weighted by molar-refractivity contribution is 0.0368. The predicted molar refractivity (Wildman–Crippen MR) is 66.9 cm³/mol. The Labute approximate surface area is 105 Å². The molecule has 0 aliphatic carbocycles. The van der Waals surface area contributed by atoms with Crippen molar-refractivity contribution >= 4 is 23.3 Å². The van der Waals surface area contributed by atoms with Crippen LogP contribution >= 0.6 is 11.6 Å². The number of rotatable bonds is 3. The maximum Gasteiger partial charge on any atom is 0.255 e. The monoisotopic (exact) mass is 257 g/mol. The third kappa shape index (κ3) is 3.87. The number of carbonyl (C=O) groups is 1. The third-order valence-electron chi connectivity index (χ3n) is 2.08. The van der Waals surface area contributed by atoms with Gasteiger partial charge in [-0.25, -0.2) is 4.98 Å². The Bertz CT molecular complexity index is 429. The number of hydrogen-bond donors (Lipinski definition) is 2. The maximum atomic E-state index is 12.0. The largest absolute Gasteiger partial charge is 0.389 e. The molecule has 0 aliphatic rings. The molecular formula is C11H16ClN3O2. The van der Waals surface area contributed by atoms with Crippen molar-refractivity contribution in [3.05, 3.63) is 22.8 Å². The van der Waals surface area contributed by atoms with Crippen LogP contribution in [0.2, 0.25) is 5.02 Å². The maximum absolute atomic E-state index is 12.0. The smallest absolute Gasteiger partial charge is 0.255 e. The van der Waals surface area contributed by atoms with Crippen LogP contribution in [0.1, 0.15) is 24.2 Å². The summed E-state index contributed by atoms with van der Waals surface area (Å²) in [6, 6.07) is 1.42. The number of carbonyl (C=O) groups excluding carboxylic acids is 1. The van der Waals surface area contributed by atoms with Crippen molar-refractivity contribution in [2.24, 2.45) is 0 Å². The van der Waals surface area contributed by atoms with Crippen molar-refractivity contribution in [3.8, 4) is 0 Å². The van der Waals surface area contributed by atoms with Crippen LogP contribution in [0, 0.1) is 0 Å². The summed E-state index contributed by atoms with van der Waals surface area (Å²) in [4.78, 5) is 17.2. The summed E-state index contributed by atoms with van der Waals surface area (Å²) >= 11 is 5.88. The van der Waals surface area contributed by atoms with Crippen LogP contribution < -0.4 is 5.73 Å². The molecule has 0 atom stereocenters. The second-order valence-electron chi connectivity index (χ2n) is 4.56. The Balaban J connectivity index is 2.93. The second-order valence-corrected chi connectivity index (χ2v) is 4.97. The van der Waals surface area contributed by atoms with Gasteiger partial charge in [-0.3, -0.25) is 4.79 Å². The van der Waals surface area contributed by atoms with Crippen LogP contribution in [0.5, 0.6) is 0 Å². The molecule has 3 N–H and O–H groups in total. The number of halogens is 1. The Morgan fingerprint density at radius 3 is 2.76 bits per heavy atom. The second kappa shape index (κ2) is 4.89. The first-order chi connectivity index (χ1) is 7.70. The number of aromatic nitrogens is 1. The molecule has 0 fully saturated rings. The summed E-state index contributed by atoms with van der Waals surface area (Å²) in [6.45, 7) is 3.45. The highest BCUT2D eigenvalue weighted by Gasteiger charge is 2.22. The SMILES string of the molecule is CN(CC(C)(C)O)C(=O)c1cc(N)ncc1Cl. The lowest BCUT2D eigenvalue weighted by atomic mass is 10.1. The van der Waals surface area contributed by atoms with E-state index in [9.17, 15) is 9.90 Å². The molecule has 1 rings (SSSR count). The lowest BCUT2D eigenvalue weighted by Crippen LogP contribution is -2.39. The highest BCUT2D eigenvalue weighted by Crippen LogP contribution is 2.19. The minimum absolute atomic E-state index is 0.199. The van der Waals surface area contributed by atoms with Crippen LogP contribution in [0.25, 0.3) is 0 Å². The molecule has 5 nitrogen and oxygen atoms in total. The van der Waals surface area contributed by atoms with Gasteiger partial charge in [0.05, 0.1) is 16.2 Å². The van der Waals surface area contributed by atoms with E-state index in [2.05, 4.69) is 4.98 Å². The van der Waals surface area contributed by atoms with Gasteiger partial charge in [0.15, 0.2) is 0 Å². The van der Waals surface area contributed by atoms with E-state index in [1.807, 2.05) is 0 Å². The van der Waals surface area contributed by atoms with Crippen molar-refractivity contribution in [1.29, 1.82) is 0 Å². The van der Waals surface area contributed by atoms with Gasteiger partial charge in [-0.2, -0.15) is 0 Å². The van der Waals surface area contributed by atoms with Gasteiger partial charge >= 0.3 is 0 Å². The molecule has 17 heavy (non-hydrogen) atoms. The number of hydrogen-bond acceptors (Lipinski definition) is 4. The molecule has 0 aromatic carbocycles. The van der Waals surface area contributed by atoms with Gasteiger partial charge in [0.25, 0.3) is 5.91 Å². The summed E-state index contributed by atoms with van der Waals surface area (Å²) in [5.41, 5.74) is 4.82. The summed E-state index contributed by atoms with van der Waals surface area (Å²) in [5.74, 6) is -0.0689. The molecule has 0 saturated carbocycles. The number of pyridine rings is 1. The molecule has 1 aromatic rings. The third-order valence-corrected chi connectivity index (χ3v) is 2.38. The quantitative estimate of drug-likeness (QED) is 0.852. The predicted octanol–water partition coefficient (Wildman–Crippen LogP) is 1.16. The van der Waals surface area contributed by atoms with E-state index in [0.717, 1.165) is 0 Å². The van der Waals surface area contributed by atoms with Crippen LogP contribution in [0.15, 0.2) is 12.3 Å². The van der Waals surface area contributed by atoms with Crippen LogP contribution in [0.3, 0.4) is 0 Å². The van der Waals surface area contributed by atoms with E-state index in [1.165, 1.54) is 17.2 Å². The highest BCUT2D eigenvalue weighted by atomic mass is 35.5. The molecule has 0 spiro atoms. The molecule has 6 heteroatoms. The van der Waals surface area contributed by atoms with Gasteiger partial charge in [0, 0.05) is 19.8 Å². The van der Waals surface area contributed by atoms with E-state index in [1.54, 1.807) is 20.9 Å². The number of nitrogens with two attached hydrogens (primary N) is 1.